The number of aliphatic hydroxyl groups is 1. The van der Waals surface area contributed by atoms with Gasteiger partial charge in [0.2, 0.25) is 0 Å². The Hall–Kier alpha value is -3.29. The van der Waals surface area contributed by atoms with Gasteiger partial charge in [0.25, 0.3) is 0 Å². The second-order valence-electron chi connectivity index (χ2n) is 6.62. The molecule has 1 aromatic heterocycles. The predicted molar refractivity (Wildman–Crippen MR) is 103 cm³/mol. The summed E-state index contributed by atoms with van der Waals surface area (Å²) in [5, 5.41) is 10.4. The number of carbonyl (C=O) groups excluding carboxylic acids is 1. The van der Waals surface area contributed by atoms with Crippen LogP contribution >= 0.6 is 0 Å². The second-order valence-corrected chi connectivity index (χ2v) is 6.62. The molecule has 1 aromatic carbocycles. The van der Waals surface area contributed by atoms with Crippen LogP contribution in [0.15, 0.2) is 52.4 Å². The third kappa shape index (κ3) is 3.57. The Labute approximate surface area is 165 Å². The molecule has 0 unspecified atom stereocenters. The summed E-state index contributed by atoms with van der Waals surface area (Å²) in [5.74, 6) is -1.04. The van der Waals surface area contributed by atoms with Gasteiger partial charge in [0.05, 0.1) is 24.1 Å². The van der Waals surface area contributed by atoms with Crippen molar-refractivity contribution in [3.63, 3.8) is 0 Å². The highest BCUT2D eigenvalue weighted by Gasteiger charge is 2.34. The van der Waals surface area contributed by atoms with Gasteiger partial charge < -0.3 is 14.4 Å². The summed E-state index contributed by atoms with van der Waals surface area (Å²) in [5.41, 5.74) is 1.38. The maximum atomic E-state index is 13.5. The summed E-state index contributed by atoms with van der Waals surface area (Å²) < 4.78 is 46.5. The number of aliphatic imine (C=N–C) groups is 1. The minimum absolute atomic E-state index is 0.0146. The third-order valence-corrected chi connectivity index (χ3v) is 4.73. The van der Waals surface area contributed by atoms with Gasteiger partial charge in [0.1, 0.15) is 11.3 Å². The van der Waals surface area contributed by atoms with E-state index in [4.69, 9.17) is 0 Å². The molecule has 0 radical (unpaired) electrons. The van der Waals surface area contributed by atoms with E-state index in [2.05, 4.69) is 9.73 Å². The maximum absolute atomic E-state index is 13.5. The topological polar surface area (TPSA) is 63.8 Å². The normalized spacial score (nSPS) is 15.8. The number of rotatable bonds is 3. The highest BCUT2D eigenvalue weighted by Crippen LogP contribution is 2.36. The Kier molecular flexibility index (Phi) is 5.13. The Balaban J connectivity index is 2.13. The summed E-state index contributed by atoms with van der Waals surface area (Å²) in [7, 11) is 1.20. The Morgan fingerprint density at radius 1 is 1.21 bits per heavy atom. The molecule has 1 aliphatic heterocycles. The van der Waals surface area contributed by atoms with E-state index in [-0.39, 0.29) is 22.7 Å². The lowest BCUT2D eigenvalue weighted by Gasteiger charge is -2.16. The first-order valence-electron chi connectivity index (χ1n) is 8.71. The van der Waals surface area contributed by atoms with Crippen LogP contribution in [0.2, 0.25) is 0 Å². The van der Waals surface area contributed by atoms with Crippen LogP contribution in [0.1, 0.15) is 29.4 Å². The highest BCUT2D eigenvalue weighted by atomic mass is 19.4. The van der Waals surface area contributed by atoms with Crippen LogP contribution in [0.4, 0.5) is 13.2 Å². The lowest BCUT2D eigenvalue weighted by molar-refractivity contribution is -0.137. The zero-order chi connectivity index (χ0) is 21.5. The molecular formula is C21H19F3N2O3. The molecule has 3 rings (SSSR count). The number of methoxy groups -OCH3 is 1. The van der Waals surface area contributed by atoms with Crippen molar-refractivity contribution in [1.29, 1.82) is 0 Å². The van der Waals surface area contributed by atoms with E-state index < -0.39 is 17.7 Å². The van der Waals surface area contributed by atoms with E-state index in [0.29, 0.717) is 22.7 Å². The first kappa shape index (κ1) is 20.4. The fourth-order valence-corrected chi connectivity index (χ4v) is 3.40. The lowest BCUT2D eigenvalue weighted by atomic mass is 10.1. The van der Waals surface area contributed by atoms with E-state index in [1.165, 1.54) is 29.9 Å². The summed E-state index contributed by atoms with van der Waals surface area (Å²) in [4.78, 5) is 16.0. The number of ether oxygens (including phenoxy) is 1. The molecule has 8 heteroatoms. The summed E-state index contributed by atoms with van der Waals surface area (Å²) in [6.45, 7) is 4.94. The number of nitrogens with zero attached hydrogens (tertiary/aromatic N) is 2. The molecule has 152 valence electrons. The smallest absolute Gasteiger partial charge is 0.418 e. The third-order valence-electron chi connectivity index (χ3n) is 4.73. The number of para-hydroxylation sites is 1. The van der Waals surface area contributed by atoms with Crippen molar-refractivity contribution < 1.29 is 27.8 Å². The summed E-state index contributed by atoms with van der Waals surface area (Å²) >= 11 is 0. The van der Waals surface area contributed by atoms with E-state index >= 15 is 0 Å². The molecule has 0 atom stereocenters. The Morgan fingerprint density at radius 3 is 2.48 bits per heavy atom. The molecule has 0 amide bonds. The van der Waals surface area contributed by atoms with Crippen LogP contribution in [0.3, 0.4) is 0 Å². The van der Waals surface area contributed by atoms with E-state index in [0.717, 1.165) is 6.07 Å². The molecule has 0 fully saturated rings. The van der Waals surface area contributed by atoms with Crippen molar-refractivity contribution in [1.82, 2.24) is 4.57 Å². The van der Waals surface area contributed by atoms with Gasteiger partial charge in [-0.1, -0.05) is 12.1 Å². The zero-order valence-corrected chi connectivity index (χ0v) is 16.3. The number of hydrogen-bond acceptors (Lipinski definition) is 4. The van der Waals surface area contributed by atoms with Gasteiger partial charge in [-0.3, -0.25) is 0 Å². The SMILES string of the molecule is COC(=O)C1=C(O)/C(=C/c2cc(C)n(-c3ccccc3C(F)(F)F)c2C)N=C1C. The predicted octanol–water partition coefficient (Wildman–Crippen LogP) is 4.91. The number of aliphatic hydroxyl groups excluding tert-OH is 1. The first-order chi connectivity index (χ1) is 13.6. The fourth-order valence-electron chi connectivity index (χ4n) is 3.40. The lowest BCUT2D eigenvalue weighted by Crippen LogP contribution is -2.12. The van der Waals surface area contributed by atoms with Gasteiger partial charge in [-0.05, 0) is 50.6 Å². The van der Waals surface area contributed by atoms with Gasteiger partial charge >= 0.3 is 12.1 Å². The van der Waals surface area contributed by atoms with Crippen LogP contribution in [-0.2, 0) is 15.7 Å². The van der Waals surface area contributed by atoms with E-state index in [9.17, 15) is 23.1 Å². The van der Waals surface area contributed by atoms with Gasteiger partial charge in [-0.25, -0.2) is 9.79 Å². The molecule has 0 spiro atoms. The Morgan fingerprint density at radius 2 is 1.86 bits per heavy atom. The monoisotopic (exact) mass is 404 g/mol. The van der Waals surface area contributed by atoms with E-state index in [1.54, 1.807) is 32.9 Å². The molecule has 2 heterocycles. The van der Waals surface area contributed by atoms with Crippen molar-refractivity contribution in [3.8, 4) is 5.69 Å². The quantitative estimate of drug-likeness (QED) is 0.739. The molecule has 29 heavy (non-hydrogen) atoms. The van der Waals surface area contributed by atoms with Gasteiger partial charge in [0, 0.05) is 11.4 Å². The van der Waals surface area contributed by atoms with Crippen molar-refractivity contribution in [2.45, 2.75) is 26.9 Å². The molecular weight excluding hydrogens is 385 g/mol. The highest BCUT2D eigenvalue weighted by molar-refractivity contribution is 6.22. The number of esters is 1. The van der Waals surface area contributed by atoms with Crippen molar-refractivity contribution >= 4 is 17.8 Å². The molecule has 2 aromatic rings. The number of benzene rings is 1. The molecule has 0 saturated heterocycles. The largest absolute Gasteiger partial charge is 0.505 e. The van der Waals surface area contributed by atoms with Crippen LogP contribution in [0.5, 0.6) is 0 Å². The minimum atomic E-state index is -4.50. The first-order valence-corrected chi connectivity index (χ1v) is 8.71. The van der Waals surface area contributed by atoms with Gasteiger partial charge in [0.15, 0.2) is 5.76 Å². The number of alkyl halides is 3. The van der Waals surface area contributed by atoms with Crippen LogP contribution < -0.4 is 0 Å². The second kappa shape index (κ2) is 7.27. The zero-order valence-electron chi connectivity index (χ0n) is 16.3. The average molecular weight is 404 g/mol. The minimum Gasteiger partial charge on any atom is -0.505 e. The molecule has 0 bridgehead atoms. The van der Waals surface area contributed by atoms with E-state index in [1.807, 2.05) is 0 Å². The van der Waals surface area contributed by atoms with Crippen molar-refractivity contribution in [2.75, 3.05) is 7.11 Å². The molecule has 1 N–H and O–H groups in total. The van der Waals surface area contributed by atoms with Crippen LogP contribution in [-0.4, -0.2) is 28.5 Å². The van der Waals surface area contributed by atoms with Crippen LogP contribution in [0.25, 0.3) is 11.8 Å². The van der Waals surface area contributed by atoms with Crippen LogP contribution in [0, 0.1) is 13.8 Å². The molecule has 1 aliphatic rings. The molecule has 5 nitrogen and oxygen atoms in total. The number of aromatic nitrogens is 1. The van der Waals surface area contributed by atoms with Crippen molar-refractivity contribution in [3.05, 3.63) is 69.9 Å². The maximum Gasteiger partial charge on any atom is 0.418 e. The Bertz CT molecular complexity index is 1090. The number of halogens is 3. The number of hydrogen-bond donors (Lipinski definition) is 1. The standard InChI is InChI=1S/C21H19F3N2O3/c1-11-9-14(10-16-19(27)18(12(2)25-16)20(28)29-4)13(3)26(11)17-8-6-5-7-15(17)21(22,23)24/h5-10,27H,1-4H3/b16-10-. The molecule has 0 aliphatic carbocycles. The fraction of sp³-hybridized carbons (Fsp3) is 0.238. The number of aryl methyl sites for hydroxylation is 1. The van der Waals surface area contributed by atoms with Crippen molar-refractivity contribution in [2.24, 2.45) is 4.99 Å². The average Bonchev–Trinajstić information content (AvgIpc) is 3.09. The van der Waals surface area contributed by atoms with Gasteiger partial charge in [-0.2, -0.15) is 13.2 Å². The van der Waals surface area contributed by atoms with Gasteiger partial charge in [-0.15, -0.1) is 0 Å². The summed E-state index contributed by atoms with van der Waals surface area (Å²) in [6.07, 6.45) is -2.97. The number of carbonyl (C=O) groups is 1. The summed E-state index contributed by atoms with van der Waals surface area (Å²) in [6, 6.07) is 7.03. The molecule has 0 saturated carbocycles.